The lowest BCUT2D eigenvalue weighted by Gasteiger charge is -2.38. The maximum absolute atomic E-state index is 5.57. The zero-order valence-electron chi connectivity index (χ0n) is 13.1. The van der Waals surface area contributed by atoms with Gasteiger partial charge in [-0.1, -0.05) is 41.5 Å². The van der Waals surface area contributed by atoms with Gasteiger partial charge in [-0.15, -0.1) is 0 Å². The third-order valence-corrected chi connectivity index (χ3v) is 4.99. The molecule has 2 aliphatic rings. The number of nitrogens with zero attached hydrogens (tertiary/aromatic N) is 1. The lowest BCUT2D eigenvalue weighted by atomic mass is 9.66. The average Bonchev–Trinajstić information content (AvgIpc) is 2.84. The molecule has 3 unspecified atom stereocenters. The highest BCUT2D eigenvalue weighted by molar-refractivity contribution is 4.97. The molecule has 0 amide bonds. The van der Waals surface area contributed by atoms with Gasteiger partial charge in [0.15, 0.2) is 0 Å². The molecule has 2 heterocycles. The van der Waals surface area contributed by atoms with E-state index in [9.17, 15) is 0 Å². The van der Waals surface area contributed by atoms with Crippen molar-refractivity contribution < 1.29 is 4.74 Å². The monoisotopic (exact) mass is 253 g/mol. The van der Waals surface area contributed by atoms with E-state index in [4.69, 9.17) is 4.74 Å². The zero-order chi connectivity index (χ0) is 13.6. The SMILES string of the molecule is CC(C)(C)C1CN(C2CCOC2)CC1C(C)(C)C. The summed E-state index contributed by atoms with van der Waals surface area (Å²) in [5.41, 5.74) is 0.818. The van der Waals surface area contributed by atoms with Crippen molar-refractivity contribution in [1.82, 2.24) is 4.90 Å². The van der Waals surface area contributed by atoms with Gasteiger partial charge in [-0.25, -0.2) is 0 Å². The second-order valence-electron chi connectivity index (χ2n) is 8.42. The fraction of sp³-hybridized carbons (Fsp3) is 1.00. The Labute approximate surface area is 113 Å². The van der Waals surface area contributed by atoms with Gasteiger partial charge in [-0.3, -0.25) is 4.90 Å². The van der Waals surface area contributed by atoms with Crippen LogP contribution in [-0.2, 0) is 4.74 Å². The molecule has 2 aliphatic heterocycles. The summed E-state index contributed by atoms with van der Waals surface area (Å²) in [6.45, 7) is 18.9. The van der Waals surface area contributed by atoms with Gasteiger partial charge < -0.3 is 4.74 Å². The highest BCUT2D eigenvalue weighted by Gasteiger charge is 2.46. The Morgan fingerprint density at radius 1 is 0.889 bits per heavy atom. The molecule has 0 aromatic heterocycles. The summed E-state index contributed by atoms with van der Waals surface area (Å²) in [4.78, 5) is 2.71. The summed E-state index contributed by atoms with van der Waals surface area (Å²) in [5.74, 6) is 1.61. The van der Waals surface area contributed by atoms with E-state index >= 15 is 0 Å². The highest BCUT2D eigenvalue weighted by Crippen LogP contribution is 2.46. The van der Waals surface area contributed by atoms with Crippen LogP contribution in [-0.4, -0.2) is 37.2 Å². The molecular weight excluding hydrogens is 222 g/mol. The van der Waals surface area contributed by atoms with Crippen LogP contribution in [0.3, 0.4) is 0 Å². The van der Waals surface area contributed by atoms with Gasteiger partial charge in [-0.2, -0.15) is 0 Å². The first kappa shape index (κ1) is 14.3. The molecular formula is C16H31NO. The summed E-state index contributed by atoms with van der Waals surface area (Å²) >= 11 is 0. The second-order valence-corrected chi connectivity index (χ2v) is 8.42. The molecule has 2 nitrogen and oxygen atoms in total. The number of hydrogen-bond acceptors (Lipinski definition) is 2. The fourth-order valence-electron chi connectivity index (χ4n) is 3.70. The maximum Gasteiger partial charge on any atom is 0.0622 e. The van der Waals surface area contributed by atoms with E-state index in [1.807, 2.05) is 0 Å². The van der Waals surface area contributed by atoms with Crippen LogP contribution in [0.5, 0.6) is 0 Å². The molecule has 0 aromatic rings. The van der Waals surface area contributed by atoms with Gasteiger partial charge in [0.25, 0.3) is 0 Å². The van der Waals surface area contributed by atoms with Crippen molar-refractivity contribution in [3.05, 3.63) is 0 Å². The predicted molar refractivity (Wildman–Crippen MR) is 76.7 cm³/mol. The molecule has 2 fully saturated rings. The van der Waals surface area contributed by atoms with Crippen LogP contribution in [0.2, 0.25) is 0 Å². The zero-order valence-corrected chi connectivity index (χ0v) is 13.1. The van der Waals surface area contributed by atoms with Crippen LogP contribution in [0.25, 0.3) is 0 Å². The van der Waals surface area contributed by atoms with E-state index < -0.39 is 0 Å². The van der Waals surface area contributed by atoms with Crippen LogP contribution >= 0.6 is 0 Å². The lowest BCUT2D eigenvalue weighted by Crippen LogP contribution is -2.35. The second kappa shape index (κ2) is 4.79. The maximum atomic E-state index is 5.57. The van der Waals surface area contributed by atoms with E-state index in [1.54, 1.807) is 0 Å². The summed E-state index contributed by atoms with van der Waals surface area (Å²) in [6, 6.07) is 0.683. The van der Waals surface area contributed by atoms with Crippen molar-refractivity contribution in [2.45, 2.75) is 54.0 Å². The Morgan fingerprint density at radius 3 is 1.72 bits per heavy atom. The molecule has 0 saturated carbocycles. The molecule has 0 bridgehead atoms. The number of ether oxygens (including phenoxy) is 1. The largest absolute Gasteiger partial charge is 0.380 e. The van der Waals surface area contributed by atoms with Crippen LogP contribution < -0.4 is 0 Å². The summed E-state index contributed by atoms with van der Waals surface area (Å²) in [6.07, 6.45) is 1.23. The lowest BCUT2D eigenvalue weighted by molar-refractivity contribution is 0.115. The van der Waals surface area contributed by atoms with Crippen LogP contribution in [0.4, 0.5) is 0 Å². The molecule has 0 spiro atoms. The minimum Gasteiger partial charge on any atom is -0.380 e. The van der Waals surface area contributed by atoms with E-state index in [2.05, 4.69) is 46.4 Å². The molecule has 2 heteroatoms. The molecule has 2 saturated heterocycles. The smallest absolute Gasteiger partial charge is 0.0622 e. The Bertz CT molecular complexity index is 258. The highest BCUT2D eigenvalue weighted by atomic mass is 16.5. The van der Waals surface area contributed by atoms with Crippen molar-refractivity contribution in [3.8, 4) is 0 Å². The standard InChI is InChI=1S/C16H31NO/c1-15(2,3)13-9-17(12-7-8-18-11-12)10-14(13)16(4,5)6/h12-14H,7-11H2,1-6H3. The summed E-state index contributed by atoms with van der Waals surface area (Å²) in [7, 11) is 0. The minimum absolute atomic E-state index is 0.409. The van der Waals surface area contributed by atoms with E-state index in [0.717, 1.165) is 25.0 Å². The summed E-state index contributed by atoms with van der Waals surface area (Å²) < 4.78 is 5.57. The topological polar surface area (TPSA) is 12.5 Å². The molecule has 0 aromatic carbocycles. The van der Waals surface area contributed by atoms with E-state index in [0.29, 0.717) is 16.9 Å². The van der Waals surface area contributed by atoms with Gasteiger partial charge in [-0.05, 0) is 29.1 Å². The van der Waals surface area contributed by atoms with Crippen LogP contribution in [0, 0.1) is 22.7 Å². The predicted octanol–water partition coefficient (Wildman–Crippen LogP) is 3.42. The van der Waals surface area contributed by atoms with Crippen molar-refractivity contribution in [3.63, 3.8) is 0 Å². The Kier molecular flexibility index (Phi) is 3.81. The number of rotatable bonds is 1. The average molecular weight is 253 g/mol. The normalized spacial score (nSPS) is 35.3. The van der Waals surface area contributed by atoms with Crippen LogP contribution in [0.15, 0.2) is 0 Å². The first-order valence-corrected chi connectivity index (χ1v) is 7.51. The number of likely N-dealkylation sites (tertiary alicyclic amines) is 1. The first-order chi connectivity index (χ1) is 8.19. The Hall–Kier alpha value is -0.0800. The molecule has 18 heavy (non-hydrogen) atoms. The summed E-state index contributed by atoms with van der Waals surface area (Å²) in [5, 5.41) is 0. The van der Waals surface area contributed by atoms with Crippen molar-refractivity contribution in [2.75, 3.05) is 26.3 Å². The third kappa shape index (κ3) is 2.91. The van der Waals surface area contributed by atoms with Crippen molar-refractivity contribution in [2.24, 2.45) is 22.7 Å². The van der Waals surface area contributed by atoms with Gasteiger partial charge in [0.05, 0.1) is 6.61 Å². The third-order valence-electron chi connectivity index (χ3n) is 4.99. The van der Waals surface area contributed by atoms with Crippen LogP contribution in [0.1, 0.15) is 48.0 Å². The van der Waals surface area contributed by atoms with E-state index in [1.165, 1.54) is 19.5 Å². The molecule has 0 aliphatic carbocycles. The van der Waals surface area contributed by atoms with Crippen molar-refractivity contribution in [1.29, 1.82) is 0 Å². The van der Waals surface area contributed by atoms with Crippen molar-refractivity contribution >= 4 is 0 Å². The van der Waals surface area contributed by atoms with Gasteiger partial charge in [0.1, 0.15) is 0 Å². The quantitative estimate of drug-likeness (QED) is 0.710. The number of hydrogen-bond donors (Lipinski definition) is 0. The molecule has 3 atom stereocenters. The van der Waals surface area contributed by atoms with Gasteiger partial charge in [0.2, 0.25) is 0 Å². The van der Waals surface area contributed by atoms with E-state index in [-0.39, 0.29) is 0 Å². The fourth-order valence-corrected chi connectivity index (χ4v) is 3.70. The molecule has 0 N–H and O–H groups in total. The molecule has 0 radical (unpaired) electrons. The van der Waals surface area contributed by atoms with Gasteiger partial charge in [0, 0.05) is 25.7 Å². The molecule has 2 rings (SSSR count). The minimum atomic E-state index is 0.409. The Balaban J connectivity index is 2.12. The Morgan fingerprint density at radius 2 is 1.39 bits per heavy atom. The first-order valence-electron chi connectivity index (χ1n) is 7.51. The molecule has 106 valence electrons. The van der Waals surface area contributed by atoms with Gasteiger partial charge >= 0.3 is 0 Å².